The molecule has 3 heterocycles. The molecule has 0 bridgehead atoms. The van der Waals surface area contributed by atoms with Gasteiger partial charge >= 0.3 is 0 Å². The van der Waals surface area contributed by atoms with Crippen LogP contribution in [0.1, 0.15) is 37.2 Å². The molecule has 2 aromatic rings. The summed E-state index contributed by atoms with van der Waals surface area (Å²) in [6.07, 6.45) is 3.33. The van der Waals surface area contributed by atoms with E-state index in [0.717, 1.165) is 31.6 Å². The number of rotatable bonds is 5. The molecule has 4 rings (SSSR count). The molecule has 2 saturated heterocycles. The monoisotopic (exact) mass is 397 g/mol. The number of ether oxygens (including phenoxy) is 3. The van der Waals surface area contributed by atoms with Crippen molar-refractivity contribution in [3.63, 3.8) is 0 Å². The molecule has 0 unspecified atom stereocenters. The van der Waals surface area contributed by atoms with Gasteiger partial charge in [-0.3, -0.25) is 9.78 Å². The molecule has 0 aliphatic carbocycles. The fourth-order valence-electron chi connectivity index (χ4n) is 3.74. The first-order chi connectivity index (χ1) is 14.0. The number of para-hydroxylation sites is 2. The normalized spacial score (nSPS) is 18.2. The lowest BCUT2D eigenvalue weighted by Crippen LogP contribution is -2.45. The number of amides is 1. The fourth-order valence-corrected chi connectivity index (χ4v) is 3.74. The summed E-state index contributed by atoms with van der Waals surface area (Å²) in [6.45, 7) is 6.87. The molecule has 1 aromatic carbocycles. The van der Waals surface area contributed by atoms with Gasteiger partial charge in [-0.25, -0.2) is 0 Å². The molecule has 29 heavy (non-hydrogen) atoms. The molecule has 7 heteroatoms. The minimum absolute atomic E-state index is 0.0183. The molecule has 1 amide bonds. The second kappa shape index (κ2) is 8.39. The number of hydrogen-bond acceptors (Lipinski definition) is 6. The highest BCUT2D eigenvalue weighted by molar-refractivity contribution is 6.04. The summed E-state index contributed by atoms with van der Waals surface area (Å²) < 4.78 is 17.4. The third-order valence-corrected chi connectivity index (χ3v) is 5.18. The Kier molecular flexibility index (Phi) is 5.69. The van der Waals surface area contributed by atoms with Gasteiger partial charge in [0.25, 0.3) is 5.91 Å². The molecule has 1 N–H and O–H groups in total. The van der Waals surface area contributed by atoms with Crippen molar-refractivity contribution >= 4 is 17.3 Å². The highest BCUT2D eigenvalue weighted by atomic mass is 16.7. The van der Waals surface area contributed by atoms with Gasteiger partial charge in [0.1, 0.15) is 11.4 Å². The van der Waals surface area contributed by atoms with Crippen molar-refractivity contribution in [1.82, 2.24) is 4.98 Å². The van der Waals surface area contributed by atoms with Gasteiger partial charge in [-0.05, 0) is 38.1 Å². The van der Waals surface area contributed by atoms with E-state index in [9.17, 15) is 4.79 Å². The third-order valence-electron chi connectivity index (χ3n) is 5.18. The van der Waals surface area contributed by atoms with E-state index in [1.54, 1.807) is 6.20 Å². The van der Waals surface area contributed by atoms with E-state index in [-0.39, 0.29) is 12.0 Å². The zero-order valence-electron chi connectivity index (χ0n) is 16.9. The number of piperidine rings is 1. The van der Waals surface area contributed by atoms with Gasteiger partial charge in [0.05, 0.1) is 25.0 Å². The quantitative estimate of drug-likeness (QED) is 0.833. The molecule has 2 aliphatic heterocycles. The van der Waals surface area contributed by atoms with Crippen LogP contribution in [-0.2, 0) is 9.47 Å². The number of hydrogen-bond donors (Lipinski definition) is 1. The Labute approximate surface area is 171 Å². The van der Waals surface area contributed by atoms with Crippen molar-refractivity contribution in [2.45, 2.75) is 38.6 Å². The van der Waals surface area contributed by atoms with E-state index in [2.05, 4.69) is 15.2 Å². The molecular weight excluding hydrogens is 370 g/mol. The average molecular weight is 397 g/mol. The van der Waals surface area contributed by atoms with E-state index in [4.69, 9.17) is 14.2 Å². The Hall–Kier alpha value is -2.64. The highest BCUT2D eigenvalue weighted by Crippen LogP contribution is 2.33. The molecule has 154 valence electrons. The number of pyridine rings is 1. The number of aromatic nitrogens is 1. The van der Waals surface area contributed by atoms with Gasteiger partial charge in [0.15, 0.2) is 5.79 Å². The Balaban J connectivity index is 1.44. The summed E-state index contributed by atoms with van der Waals surface area (Å²) in [4.78, 5) is 19.3. The van der Waals surface area contributed by atoms with E-state index in [1.807, 2.05) is 50.2 Å². The smallest absolute Gasteiger partial charge is 0.274 e. The van der Waals surface area contributed by atoms with Crippen LogP contribution in [0.3, 0.4) is 0 Å². The summed E-state index contributed by atoms with van der Waals surface area (Å²) in [6, 6.07) is 11.2. The Morgan fingerprint density at radius 2 is 1.90 bits per heavy atom. The fraction of sp³-hybridized carbons (Fsp3) is 0.455. The van der Waals surface area contributed by atoms with Crippen molar-refractivity contribution in [3.8, 4) is 5.75 Å². The number of anilines is 2. The van der Waals surface area contributed by atoms with Gasteiger partial charge in [-0.2, -0.15) is 0 Å². The van der Waals surface area contributed by atoms with Crippen molar-refractivity contribution in [2.75, 3.05) is 36.5 Å². The van der Waals surface area contributed by atoms with Gasteiger partial charge in [0.2, 0.25) is 0 Å². The minimum Gasteiger partial charge on any atom is -0.489 e. The van der Waals surface area contributed by atoms with E-state index in [1.165, 1.54) is 0 Å². The molecular formula is C22H27N3O4. The van der Waals surface area contributed by atoms with Crippen molar-refractivity contribution in [3.05, 3.63) is 48.3 Å². The maximum absolute atomic E-state index is 12.8. The van der Waals surface area contributed by atoms with Crippen LogP contribution in [0.2, 0.25) is 0 Å². The summed E-state index contributed by atoms with van der Waals surface area (Å²) in [5.41, 5.74) is 1.98. The Bertz CT molecular complexity index is 855. The molecule has 0 atom stereocenters. The molecule has 0 saturated carbocycles. The highest BCUT2D eigenvalue weighted by Gasteiger charge is 2.39. The maximum Gasteiger partial charge on any atom is 0.274 e. The molecule has 1 spiro atoms. The Morgan fingerprint density at radius 1 is 1.17 bits per heavy atom. The van der Waals surface area contributed by atoms with E-state index in [0.29, 0.717) is 30.3 Å². The first kappa shape index (κ1) is 19.7. The van der Waals surface area contributed by atoms with Crippen LogP contribution in [0.4, 0.5) is 11.4 Å². The van der Waals surface area contributed by atoms with Crippen LogP contribution in [0.5, 0.6) is 5.75 Å². The van der Waals surface area contributed by atoms with Gasteiger partial charge in [-0.15, -0.1) is 0 Å². The Morgan fingerprint density at radius 3 is 2.62 bits per heavy atom. The first-order valence-electron chi connectivity index (χ1n) is 10.1. The second-order valence-electron chi connectivity index (χ2n) is 7.61. The summed E-state index contributed by atoms with van der Waals surface area (Å²) in [5, 5.41) is 2.92. The van der Waals surface area contributed by atoms with Crippen LogP contribution in [0, 0.1) is 0 Å². The molecule has 1 aromatic heterocycles. The van der Waals surface area contributed by atoms with E-state index < -0.39 is 5.79 Å². The maximum atomic E-state index is 12.8. The zero-order chi connectivity index (χ0) is 20.3. The van der Waals surface area contributed by atoms with Crippen molar-refractivity contribution in [2.24, 2.45) is 0 Å². The SMILES string of the molecule is CC(C)Oc1ccccc1NC(=O)c1cc(N2CCC3(CC2)OCCO3)ccn1. The molecule has 0 radical (unpaired) electrons. The minimum atomic E-state index is -0.413. The number of benzene rings is 1. The predicted octanol–water partition coefficient (Wildman–Crippen LogP) is 3.46. The lowest BCUT2D eigenvalue weighted by atomic mass is 10.0. The molecule has 7 nitrogen and oxygen atoms in total. The summed E-state index contributed by atoms with van der Waals surface area (Å²) in [5.74, 6) is -0.0309. The largest absolute Gasteiger partial charge is 0.489 e. The first-order valence-corrected chi connectivity index (χ1v) is 10.1. The average Bonchev–Trinajstić information content (AvgIpc) is 3.17. The lowest BCUT2D eigenvalue weighted by Gasteiger charge is -2.38. The zero-order valence-corrected chi connectivity index (χ0v) is 16.9. The van der Waals surface area contributed by atoms with Gasteiger partial charge in [0, 0.05) is 37.8 Å². The van der Waals surface area contributed by atoms with Crippen LogP contribution in [0.25, 0.3) is 0 Å². The van der Waals surface area contributed by atoms with Crippen LogP contribution < -0.4 is 15.0 Å². The third kappa shape index (κ3) is 4.52. The standard InChI is InChI=1S/C22H27N3O4/c1-16(2)29-20-6-4-3-5-18(20)24-21(26)19-15-17(7-10-23-19)25-11-8-22(9-12-25)27-13-14-28-22/h3-7,10,15-16H,8-9,11-14H2,1-2H3,(H,24,26). The molecule has 2 fully saturated rings. The second-order valence-corrected chi connectivity index (χ2v) is 7.61. The molecule has 2 aliphatic rings. The van der Waals surface area contributed by atoms with Gasteiger partial charge < -0.3 is 24.4 Å². The number of nitrogens with zero attached hydrogens (tertiary/aromatic N) is 2. The van der Waals surface area contributed by atoms with Gasteiger partial charge in [-0.1, -0.05) is 12.1 Å². The summed E-state index contributed by atoms with van der Waals surface area (Å²) in [7, 11) is 0. The number of carbonyl (C=O) groups excluding carboxylic acids is 1. The van der Waals surface area contributed by atoms with Crippen molar-refractivity contribution < 1.29 is 19.0 Å². The van der Waals surface area contributed by atoms with Crippen molar-refractivity contribution in [1.29, 1.82) is 0 Å². The topological polar surface area (TPSA) is 72.9 Å². The predicted molar refractivity (Wildman–Crippen MR) is 110 cm³/mol. The number of nitrogens with one attached hydrogen (secondary N) is 1. The number of carbonyl (C=O) groups is 1. The lowest BCUT2D eigenvalue weighted by molar-refractivity contribution is -0.169. The summed E-state index contributed by atoms with van der Waals surface area (Å²) >= 11 is 0. The van der Waals surface area contributed by atoms with Crippen LogP contribution in [-0.4, -0.2) is 49.1 Å². The van der Waals surface area contributed by atoms with E-state index >= 15 is 0 Å². The van der Waals surface area contributed by atoms with Crippen LogP contribution >= 0.6 is 0 Å². The van der Waals surface area contributed by atoms with Crippen LogP contribution in [0.15, 0.2) is 42.6 Å².